The van der Waals surface area contributed by atoms with Crippen molar-refractivity contribution in [2.24, 2.45) is 5.92 Å². The van der Waals surface area contributed by atoms with Crippen LogP contribution in [-0.2, 0) is 9.47 Å². The summed E-state index contributed by atoms with van der Waals surface area (Å²) in [7, 11) is 1.79. The Morgan fingerprint density at radius 1 is 1.24 bits per heavy atom. The highest BCUT2D eigenvalue weighted by atomic mass is 35.5. The van der Waals surface area contributed by atoms with E-state index >= 15 is 0 Å². The molecule has 2 saturated carbocycles. The number of hydrogen-bond acceptors (Lipinski definition) is 3. The van der Waals surface area contributed by atoms with E-state index in [-0.39, 0.29) is 23.7 Å². The largest absolute Gasteiger partial charge is 0.378 e. The molecule has 1 saturated heterocycles. The molecular weight excluding hydrogens is 338 g/mol. The van der Waals surface area contributed by atoms with Crippen LogP contribution in [0.5, 0.6) is 0 Å². The molecule has 0 N–H and O–H groups in total. The summed E-state index contributed by atoms with van der Waals surface area (Å²) in [5, 5.41) is 0.649. The highest BCUT2D eigenvalue weighted by Crippen LogP contribution is 2.44. The molecule has 1 aromatic rings. The zero-order valence-corrected chi connectivity index (χ0v) is 15.5. The van der Waals surface area contributed by atoms with Crippen LogP contribution >= 0.6 is 11.6 Å². The SMILES string of the molecule is COC12CCC(OCC3CC3)CC1N(C(=O)c1ccc(Cl)cc1)CC2. The summed E-state index contributed by atoms with van der Waals surface area (Å²) in [5.41, 5.74) is 0.485. The van der Waals surface area contributed by atoms with E-state index in [0.29, 0.717) is 10.6 Å². The molecule has 1 aliphatic heterocycles. The fraction of sp³-hybridized carbons (Fsp3) is 0.650. The maximum Gasteiger partial charge on any atom is 0.254 e. The van der Waals surface area contributed by atoms with Crippen molar-refractivity contribution in [3.05, 3.63) is 34.9 Å². The van der Waals surface area contributed by atoms with Gasteiger partial charge in [-0.15, -0.1) is 0 Å². The van der Waals surface area contributed by atoms with E-state index < -0.39 is 0 Å². The monoisotopic (exact) mass is 363 g/mol. The first-order chi connectivity index (χ1) is 12.1. The summed E-state index contributed by atoms with van der Waals surface area (Å²) in [6, 6.07) is 7.26. The van der Waals surface area contributed by atoms with E-state index in [4.69, 9.17) is 21.1 Å². The third-order valence-corrected chi connectivity index (χ3v) is 6.41. The molecule has 1 amide bonds. The molecule has 25 heavy (non-hydrogen) atoms. The molecule has 3 unspecified atom stereocenters. The lowest BCUT2D eigenvalue weighted by atomic mass is 9.79. The summed E-state index contributed by atoms with van der Waals surface area (Å²) in [4.78, 5) is 15.0. The number of nitrogens with zero attached hydrogens (tertiary/aromatic N) is 1. The number of halogens is 1. The highest BCUT2D eigenvalue weighted by Gasteiger charge is 2.52. The van der Waals surface area contributed by atoms with Crippen molar-refractivity contribution in [3.8, 4) is 0 Å². The van der Waals surface area contributed by atoms with Gasteiger partial charge in [0.05, 0.1) is 17.7 Å². The van der Waals surface area contributed by atoms with Crippen molar-refractivity contribution in [3.63, 3.8) is 0 Å². The fourth-order valence-corrected chi connectivity index (χ4v) is 4.50. The van der Waals surface area contributed by atoms with Crippen molar-refractivity contribution in [2.45, 2.75) is 56.3 Å². The predicted octanol–water partition coefficient (Wildman–Crippen LogP) is 3.92. The maximum absolute atomic E-state index is 13.0. The Bertz CT molecular complexity index is 630. The number of benzene rings is 1. The first-order valence-corrected chi connectivity index (χ1v) is 9.72. The molecule has 3 fully saturated rings. The topological polar surface area (TPSA) is 38.8 Å². The van der Waals surface area contributed by atoms with Crippen LogP contribution in [0.4, 0.5) is 0 Å². The van der Waals surface area contributed by atoms with Crippen molar-refractivity contribution < 1.29 is 14.3 Å². The quantitative estimate of drug-likeness (QED) is 0.795. The third kappa shape index (κ3) is 3.44. The molecule has 1 heterocycles. The number of fused-ring (bicyclic) bond motifs is 1. The molecule has 0 bridgehead atoms. The van der Waals surface area contributed by atoms with Crippen LogP contribution in [0.25, 0.3) is 0 Å². The van der Waals surface area contributed by atoms with E-state index in [9.17, 15) is 4.79 Å². The van der Waals surface area contributed by atoms with Crippen LogP contribution in [-0.4, -0.2) is 48.8 Å². The van der Waals surface area contributed by atoms with Gasteiger partial charge in [-0.3, -0.25) is 4.79 Å². The van der Waals surface area contributed by atoms with Crippen LogP contribution in [0.15, 0.2) is 24.3 Å². The van der Waals surface area contributed by atoms with E-state index in [2.05, 4.69) is 0 Å². The van der Waals surface area contributed by atoms with E-state index in [0.717, 1.165) is 44.8 Å². The smallest absolute Gasteiger partial charge is 0.254 e. The Labute approximate surface area is 154 Å². The summed E-state index contributed by atoms with van der Waals surface area (Å²) < 4.78 is 12.1. The highest BCUT2D eigenvalue weighted by molar-refractivity contribution is 6.30. The number of carbonyl (C=O) groups excluding carboxylic acids is 1. The normalized spacial score (nSPS) is 31.8. The Kier molecular flexibility index (Phi) is 4.78. The Hall–Kier alpha value is -1.10. The van der Waals surface area contributed by atoms with Gasteiger partial charge in [-0.25, -0.2) is 0 Å². The zero-order chi connectivity index (χ0) is 17.4. The van der Waals surface area contributed by atoms with Crippen LogP contribution < -0.4 is 0 Å². The summed E-state index contributed by atoms with van der Waals surface area (Å²) in [6.07, 6.45) is 6.63. The van der Waals surface area contributed by atoms with Gasteiger partial charge in [-0.1, -0.05) is 11.6 Å². The van der Waals surface area contributed by atoms with Gasteiger partial charge >= 0.3 is 0 Å². The zero-order valence-electron chi connectivity index (χ0n) is 14.7. The van der Waals surface area contributed by atoms with Crippen molar-refractivity contribution in [1.82, 2.24) is 4.90 Å². The molecule has 4 rings (SSSR count). The summed E-state index contributed by atoms with van der Waals surface area (Å²) >= 11 is 5.95. The van der Waals surface area contributed by atoms with E-state index in [1.807, 2.05) is 4.90 Å². The predicted molar refractivity (Wildman–Crippen MR) is 96.9 cm³/mol. The molecule has 1 aromatic carbocycles. The lowest BCUT2D eigenvalue weighted by molar-refractivity contribution is -0.0977. The first kappa shape index (κ1) is 17.3. The molecule has 5 heteroatoms. The van der Waals surface area contributed by atoms with Crippen molar-refractivity contribution in [1.29, 1.82) is 0 Å². The number of methoxy groups -OCH3 is 1. The van der Waals surface area contributed by atoms with Gasteiger partial charge in [0.2, 0.25) is 0 Å². The van der Waals surface area contributed by atoms with Crippen molar-refractivity contribution in [2.75, 3.05) is 20.3 Å². The molecule has 3 aliphatic rings. The lowest BCUT2D eigenvalue weighted by Gasteiger charge is -2.43. The van der Waals surface area contributed by atoms with Crippen molar-refractivity contribution >= 4 is 17.5 Å². The Morgan fingerprint density at radius 2 is 2.00 bits per heavy atom. The van der Waals surface area contributed by atoms with Gasteiger partial charge in [-0.05, 0) is 68.7 Å². The average molecular weight is 364 g/mol. The number of likely N-dealkylation sites (tertiary alicyclic amines) is 1. The third-order valence-electron chi connectivity index (χ3n) is 6.16. The average Bonchev–Trinajstić information content (AvgIpc) is 3.39. The number of amides is 1. The standard InChI is InChI=1S/C20H26ClNO3/c1-24-20-9-8-17(25-13-14-2-3-14)12-18(20)22(11-10-20)19(23)15-4-6-16(21)7-5-15/h4-7,14,17-18H,2-3,8-13H2,1H3. The van der Waals surface area contributed by atoms with Crippen LogP contribution in [0.2, 0.25) is 5.02 Å². The van der Waals surface area contributed by atoms with Crippen LogP contribution in [0.1, 0.15) is 48.9 Å². The van der Waals surface area contributed by atoms with E-state index in [1.165, 1.54) is 12.8 Å². The molecule has 2 aliphatic carbocycles. The molecule has 0 spiro atoms. The van der Waals surface area contributed by atoms with Gasteiger partial charge in [0, 0.05) is 30.8 Å². The maximum atomic E-state index is 13.0. The minimum Gasteiger partial charge on any atom is -0.378 e. The summed E-state index contributed by atoms with van der Waals surface area (Å²) in [5.74, 6) is 0.841. The first-order valence-electron chi connectivity index (χ1n) is 9.34. The number of ether oxygens (including phenoxy) is 2. The number of hydrogen-bond donors (Lipinski definition) is 0. The second-order valence-corrected chi connectivity index (χ2v) is 8.15. The molecule has 0 aromatic heterocycles. The van der Waals surface area contributed by atoms with Crippen LogP contribution in [0.3, 0.4) is 0 Å². The molecule has 0 radical (unpaired) electrons. The van der Waals surface area contributed by atoms with Gasteiger partial charge in [-0.2, -0.15) is 0 Å². The Balaban J connectivity index is 1.49. The molecule has 3 atom stereocenters. The minimum absolute atomic E-state index is 0.0726. The van der Waals surface area contributed by atoms with Gasteiger partial charge in [0.15, 0.2) is 0 Å². The van der Waals surface area contributed by atoms with Gasteiger partial charge in [0.25, 0.3) is 5.91 Å². The molecule has 4 nitrogen and oxygen atoms in total. The molecule has 136 valence electrons. The van der Waals surface area contributed by atoms with Crippen LogP contribution in [0, 0.1) is 5.92 Å². The lowest BCUT2D eigenvalue weighted by Crippen LogP contribution is -2.53. The minimum atomic E-state index is -0.207. The number of carbonyl (C=O) groups is 1. The number of rotatable bonds is 5. The fourth-order valence-electron chi connectivity index (χ4n) is 4.37. The Morgan fingerprint density at radius 3 is 2.68 bits per heavy atom. The van der Waals surface area contributed by atoms with Gasteiger partial charge < -0.3 is 14.4 Å². The second kappa shape index (κ2) is 6.90. The van der Waals surface area contributed by atoms with E-state index in [1.54, 1.807) is 31.4 Å². The second-order valence-electron chi connectivity index (χ2n) is 7.71. The van der Waals surface area contributed by atoms with Gasteiger partial charge in [0.1, 0.15) is 0 Å². The molecular formula is C20H26ClNO3. The summed E-state index contributed by atoms with van der Waals surface area (Å²) in [6.45, 7) is 1.62.